The van der Waals surface area contributed by atoms with Crippen molar-refractivity contribution in [3.63, 3.8) is 0 Å². The fourth-order valence-electron chi connectivity index (χ4n) is 7.02. The smallest absolute Gasteiger partial charge is 0.167 e. The van der Waals surface area contributed by atoms with Crippen LogP contribution in [0.2, 0.25) is 0 Å². The number of hydrogen-bond donors (Lipinski definition) is 0. The molecule has 0 atom stereocenters. The molecular weight excluding hydrogens is 667 g/mol. The van der Waals surface area contributed by atoms with Crippen LogP contribution in [0, 0.1) is 0 Å². The number of furan rings is 1. The van der Waals surface area contributed by atoms with Crippen molar-refractivity contribution < 1.29 is 4.42 Å². The Morgan fingerprint density at radius 1 is 0.426 bits per heavy atom. The SMILES string of the molecule is [B]c1c([B])c([B])c(-c2nc(-c3c([B])c([B])c([B])c([B])c3[B])nc(-c3cccc4c3oc3ccc(-c5cccc6c5sc5ccccc56)cc34)n2)c([B])c1[B]. The molecule has 0 saturated heterocycles. The van der Waals surface area contributed by atoms with Crippen molar-refractivity contribution in [2.24, 2.45) is 0 Å². The Balaban J connectivity index is 1.29. The topological polar surface area (TPSA) is 51.8 Å². The van der Waals surface area contributed by atoms with Crippen molar-refractivity contribution in [3.8, 4) is 45.3 Å². The van der Waals surface area contributed by atoms with Gasteiger partial charge in [0.2, 0.25) is 0 Å². The molecule has 0 amide bonds. The minimum absolute atomic E-state index is 0.00278. The van der Waals surface area contributed by atoms with Crippen LogP contribution in [-0.4, -0.2) is 93.4 Å². The number of fused-ring (bicyclic) bond motifs is 6. The molecule has 9 rings (SSSR count). The first kappa shape index (κ1) is 34.7. The van der Waals surface area contributed by atoms with Gasteiger partial charge in [-0.15, -0.1) is 44.1 Å². The lowest BCUT2D eigenvalue weighted by atomic mass is 9.60. The van der Waals surface area contributed by atoms with Crippen LogP contribution in [-0.2, 0) is 0 Å². The molecule has 54 heavy (non-hydrogen) atoms. The summed E-state index contributed by atoms with van der Waals surface area (Å²) < 4.78 is 8.99. The van der Waals surface area contributed by atoms with Gasteiger partial charge >= 0.3 is 0 Å². The number of thiophene rings is 1. The quantitative estimate of drug-likeness (QED) is 0.219. The summed E-state index contributed by atoms with van der Waals surface area (Å²) in [4.78, 5) is 14.4. The third-order valence-electron chi connectivity index (χ3n) is 9.93. The van der Waals surface area contributed by atoms with Gasteiger partial charge < -0.3 is 4.42 Å². The third kappa shape index (κ3) is 5.15. The van der Waals surface area contributed by atoms with E-state index in [0.717, 1.165) is 21.9 Å². The molecule has 4 nitrogen and oxygen atoms in total. The molecule has 0 fully saturated rings. The van der Waals surface area contributed by atoms with Crippen molar-refractivity contribution >= 4 is 187 Å². The van der Waals surface area contributed by atoms with Gasteiger partial charge in [-0.05, 0) is 35.4 Å². The van der Waals surface area contributed by atoms with Crippen molar-refractivity contribution in [3.05, 3.63) is 78.9 Å². The molecule has 0 spiro atoms. The second kappa shape index (κ2) is 12.8. The maximum atomic E-state index is 6.55. The Hall–Kier alpha value is -5.00. The van der Waals surface area contributed by atoms with Crippen LogP contribution >= 0.6 is 11.3 Å². The lowest BCUT2D eigenvalue weighted by molar-refractivity contribution is 0.669. The van der Waals surface area contributed by atoms with E-state index < -0.39 is 0 Å². The molecule has 226 valence electrons. The van der Waals surface area contributed by atoms with Gasteiger partial charge in [-0.1, -0.05) is 76.4 Å². The first-order chi connectivity index (χ1) is 25.9. The van der Waals surface area contributed by atoms with E-state index in [2.05, 4.69) is 54.6 Å². The number of hydrogen-bond acceptors (Lipinski definition) is 5. The normalized spacial score (nSPS) is 11.7. The minimum atomic E-state index is 0.00278. The van der Waals surface area contributed by atoms with Crippen molar-refractivity contribution in [1.82, 2.24) is 15.0 Å². The highest BCUT2D eigenvalue weighted by Gasteiger charge is 2.23. The Morgan fingerprint density at radius 2 is 0.926 bits per heavy atom. The third-order valence-corrected chi connectivity index (χ3v) is 11.2. The average molecular weight is 680 g/mol. The van der Waals surface area contributed by atoms with E-state index in [-0.39, 0.29) is 83.2 Å². The number of benzene rings is 6. The maximum Gasteiger partial charge on any atom is 0.167 e. The van der Waals surface area contributed by atoms with Gasteiger partial charge in [0, 0.05) is 42.1 Å². The van der Waals surface area contributed by atoms with E-state index in [1.807, 2.05) is 24.3 Å². The molecule has 0 aliphatic carbocycles. The Labute approximate surface area is 328 Å². The molecule has 0 unspecified atom stereocenters. The lowest BCUT2D eigenvalue weighted by Gasteiger charge is -2.22. The predicted molar refractivity (Wildman–Crippen MR) is 236 cm³/mol. The van der Waals surface area contributed by atoms with Gasteiger partial charge in [-0.3, -0.25) is 0 Å². The summed E-state index contributed by atoms with van der Waals surface area (Å²) in [6, 6.07) is 26.7. The highest BCUT2D eigenvalue weighted by atomic mass is 32.1. The highest BCUT2D eigenvalue weighted by molar-refractivity contribution is 7.26. The molecule has 20 radical (unpaired) electrons. The van der Waals surface area contributed by atoms with E-state index in [0.29, 0.717) is 16.7 Å². The summed E-state index contributed by atoms with van der Waals surface area (Å²) in [7, 11) is 63.2. The lowest BCUT2D eigenvalue weighted by Crippen LogP contribution is -2.55. The fraction of sp³-hybridized carbons (Fsp3) is 0. The van der Waals surface area contributed by atoms with Crippen LogP contribution in [0.1, 0.15) is 0 Å². The number of aromatic nitrogens is 3. The molecule has 15 heteroatoms. The van der Waals surface area contributed by atoms with Crippen molar-refractivity contribution in [1.29, 1.82) is 0 Å². The standard InChI is InChI=1S/C39H13B10N3OS/c40-25-23(26(41)30(45)33(48)29(25)44)38-50-37(51-39(52-38)24-27(42)31(46)34(49)32(47)28(24)43)19-9-4-7-17-20-13-14(11-12-21(20)53-35(17)19)15-6-3-8-18-16-5-1-2-10-22(16)54-36(15)18/h1-13H. The van der Waals surface area contributed by atoms with E-state index in [1.165, 1.54) is 20.2 Å². The van der Waals surface area contributed by atoms with E-state index in [9.17, 15) is 0 Å². The summed E-state index contributed by atoms with van der Waals surface area (Å²) in [5, 5.41) is 4.18. The summed E-state index contributed by atoms with van der Waals surface area (Å²) in [6.45, 7) is 0. The monoisotopic (exact) mass is 681 g/mol. The Kier molecular flexibility index (Phi) is 8.24. The van der Waals surface area contributed by atoms with Gasteiger partial charge in [0.05, 0.1) is 5.56 Å². The van der Waals surface area contributed by atoms with Crippen LogP contribution < -0.4 is 54.6 Å². The van der Waals surface area contributed by atoms with Crippen LogP contribution in [0.4, 0.5) is 0 Å². The van der Waals surface area contributed by atoms with Crippen LogP contribution in [0.5, 0.6) is 0 Å². The second-order valence-corrected chi connectivity index (χ2v) is 14.0. The molecule has 0 N–H and O–H groups in total. The number of nitrogens with zero attached hydrogens (tertiary/aromatic N) is 3. The van der Waals surface area contributed by atoms with Crippen LogP contribution in [0.3, 0.4) is 0 Å². The number of rotatable bonds is 4. The first-order valence-electron chi connectivity index (χ1n) is 16.6. The highest BCUT2D eigenvalue weighted by Crippen LogP contribution is 2.42. The zero-order valence-electron chi connectivity index (χ0n) is 28.4. The van der Waals surface area contributed by atoms with Gasteiger partial charge in [-0.25, -0.2) is 15.0 Å². The minimum Gasteiger partial charge on any atom is -0.455 e. The van der Waals surface area contributed by atoms with E-state index in [4.69, 9.17) is 97.8 Å². The fourth-order valence-corrected chi connectivity index (χ4v) is 8.26. The zero-order chi connectivity index (χ0) is 37.7. The molecule has 0 aliphatic rings. The second-order valence-electron chi connectivity index (χ2n) is 13.0. The molecular formula is C39H13B10N3OS. The molecule has 0 bridgehead atoms. The molecule has 3 aromatic heterocycles. The summed E-state index contributed by atoms with van der Waals surface area (Å²) in [5.74, 6) is 0.168. The van der Waals surface area contributed by atoms with Crippen molar-refractivity contribution in [2.75, 3.05) is 0 Å². The zero-order valence-corrected chi connectivity index (χ0v) is 29.3. The van der Waals surface area contributed by atoms with Crippen LogP contribution in [0.25, 0.3) is 87.4 Å². The van der Waals surface area contributed by atoms with Gasteiger partial charge in [0.25, 0.3) is 0 Å². The maximum absolute atomic E-state index is 6.55. The van der Waals surface area contributed by atoms with Crippen molar-refractivity contribution in [2.45, 2.75) is 0 Å². The largest absolute Gasteiger partial charge is 0.455 e. The van der Waals surface area contributed by atoms with Gasteiger partial charge in [-0.2, -0.15) is 0 Å². The predicted octanol–water partition coefficient (Wildman–Crippen LogP) is -1.26. The molecule has 0 saturated carbocycles. The molecule has 3 heterocycles. The van der Waals surface area contributed by atoms with E-state index >= 15 is 0 Å². The summed E-state index contributed by atoms with van der Waals surface area (Å²) >= 11 is 1.77. The average Bonchev–Trinajstić information content (AvgIpc) is 3.76. The molecule has 6 aromatic carbocycles. The molecule has 9 aromatic rings. The van der Waals surface area contributed by atoms with E-state index in [1.54, 1.807) is 11.3 Å². The molecule has 0 aliphatic heterocycles. The van der Waals surface area contributed by atoms with Crippen LogP contribution in [0.15, 0.2) is 83.3 Å². The number of para-hydroxylation sites is 1. The Morgan fingerprint density at radius 3 is 1.54 bits per heavy atom. The van der Waals surface area contributed by atoms with Gasteiger partial charge in [0.15, 0.2) is 17.5 Å². The summed E-state index contributed by atoms with van der Waals surface area (Å²) in [6.07, 6.45) is 0. The summed E-state index contributed by atoms with van der Waals surface area (Å²) in [5.41, 5.74) is 4.34. The Bertz CT molecular complexity index is 2940. The van der Waals surface area contributed by atoms with Gasteiger partial charge in [0.1, 0.15) is 89.6 Å². The first-order valence-corrected chi connectivity index (χ1v) is 17.4.